The van der Waals surface area contributed by atoms with E-state index in [2.05, 4.69) is 46.3 Å². The Hall–Kier alpha value is -3.18. The Morgan fingerprint density at radius 3 is 2.55 bits per heavy atom. The minimum Gasteiger partial charge on any atom is -0.496 e. The molecule has 0 aliphatic carbocycles. The molecule has 2 heterocycles. The zero-order valence-corrected chi connectivity index (χ0v) is 19.8. The lowest BCUT2D eigenvalue weighted by Crippen LogP contribution is -2.52. The molecule has 1 aliphatic rings. The Morgan fingerprint density at radius 1 is 1.06 bits per heavy atom. The van der Waals surface area contributed by atoms with E-state index in [4.69, 9.17) is 4.74 Å². The quantitative estimate of drug-likeness (QED) is 0.532. The van der Waals surface area contributed by atoms with Gasteiger partial charge in [-0.05, 0) is 49.1 Å². The Balaban J connectivity index is 1.66. The summed E-state index contributed by atoms with van der Waals surface area (Å²) in [5.41, 5.74) is 4.12. The molecule has 3 aromatic rings. The van der Waals surface area contributed by atoms with Gasteiger partial charge in [0.25, 0.3) is 0 Å². The molecule has 5 nitrogen and oxygen atoms in total. The van der Waals surface area contributed by atoms with Gasteiger partial charge in [0.1, 0.15) is 5.75 Å². The average molecular weight is 444 g/mol. The number of ether oxygens (including phenoxy) is 1. The summed E-state index contributed by atoms with van der Waals surface area (Å²) in [5.74, 6) is 1.10. The van der Waals surface area contributed by atoms with Crippen molar-refractivity contribution >= 4 is 5.91 Å². The minimum atomic E-state index is -0.470. The van der Waals surface area contributed by atoms with Crippen LogP contribution in [-0.4, -0.2) is 55.0 Å². The number of amides is 1. The summed E-state index contributed by atoms with van der Waals surface area (Å²) in [4.78, 5) is 22.1. The van der Waals surface area contributed by atoms with E-state index in [-0.39, 0.29) is 5.91 Å². The maximum absolute atomic E-state index is 13.7. The molecule has 0 spiro atoms. The smallest absolute Gasteiger partial charge is 0.229 e. The normalized spacial score (nSPS) is 18.6. The molecule has 0 saturated carbocycles. The van der Waals surface area contributed by atoms with Crippen LogP contribution in [0.25, 0.3) is 11.1 Å². The van der Waals surface area contributed by atoms with Crippen LogP contribution < -0.4 is 4.74 Å². The third-order valence-electron chi connectivity index (χ3n) is 6.62. The van der Waals surface area contributed by atoms with Gasteiger partial charge in [0.05, 0.1) is 12.5 Å². The van der Waals surface area contributed by atoms with Gasteiger partial charge in [-0.1, -0.05) is 48.5 Å². The minimum absolute atomic E-state index is 0.202. The summed E-state index contributed by atoms with van der Waals surface area (Å²) in [5, 5.41) is 0. The number of methoxy groups -OCH3 is 1. The second-order valence-electron chi connectivity index (χ2n) is 9.18. The lowest BCUT2D eigenvalue weighted by atomic mass is 9.73. The van der Waals surface area contributed by atoms with Crippen LogP contribution >= 0.6 is 0 Å². The standard InChI is InChI=1S/C28H33N3O2/c1-30(2)27(32)28(18-22-10-4-6-13-25(22)23-12-8-16-29-19-23)15-9-17-31(21-28)20-24-11-5-7-14-26(24)33-3/h4-8,10-14,16,19H,9,15,17-18,20-21H2,1-3H3. The molecular weight excluding hydrogens is 410 g/mol. The Labute approximate surface area is 197 Å². The van der Waals surface area contributed by atoms with Gasteiger partial charge in [-0.25, -0.2) is 0 Å². The number of hydrogen-bond donors (Lipinski definition) is 0. The summed E-state index contributed by atoms with van der Waals surface area (Å²) in [6.45, 7) is 2.48. The monoisotopic (exact) mass is 443 g/mol. The van der Waals surface area contributed by atoms with Crippen LogP contribution in [-0.2, 0) is 17.8 Å². The first-order valence-electron chi connectivity index (χ1n) is 11.6. The Kier molecular flexibility index (Phi) is 7.09. The number of carbonyl (C=O) groups is 1. The van der Waals surface area contributed by atoms with Gasteiger partial charge in [-0.2, -0.15) is 0 Å². The van der Waals surface area contributed by atoms with Gasteiger partial charge in [0, 0.05) is 50.7 Å². The van der Waals surface area contributed by atoms with Crippen molar-refractivity contribution in [2.45, 2.75) is 25.8 Å². The van der Waals surface area contributed by atoms with Crippen LogP contribution in [0.3, 0.4) is 0 Å². The molecule has 1 fully saturated rings. The molecule has 2 aromatic carbocycles. The number of pyridine rings is 1. The van der Waals surface area contributed by atoms with Crippen LogP contribution in [0.4, 0.5) is 0 Å². The number of rotatable bonds is 7. The van der Waals surface area contributed by atoms with Crippen LogP contribution in [0.15, 0.2) is 73.1 Å². The maximum Gasteiger partial charge on any atom is 0.229 e. The van der Waals surface area contributed by atoms with Gasteiger partial charge in [0.15, 0.2) is 0 Å². The summed E-state index contributed by atoms with van der Waals surface area (Å²) in [7, 11) is 5.46. The zero-order chi connectivity index (χ0) is 23.3. The number of hydrogen-bond acceptors (Lipinski definition) is 4. The number of para-hydroxylation sites is 1. The largest absolute Gasteiger partial charge is 0.496 e. The highest BCUT2D eigenvalue weighted by Gasteiger charge is 2.43. The topological polar surface area (TPSA) is 45.7 Å². The molecule has 1 aliphatic heterocycles. The first kappa shape index (κ1) is 23.0. The van der Waals surface area contributed by atoms with Gasteiger partial charge in [-0.3, -0.25) is 14.7 Å². The van der Waals surface area contributed by atoms with E-state index in [1.807, 2.05) is 44.6 Å². The highest BCUT2D eigenvalue weighted by atomic mass is 16.5. The van der Waals surface area contributed by atoms with E-state index in [9.17, 15) is 4.79 Å². The molecule has 172 valence electrons. The zero-order valence-electron chi connectivity index (χ0n) is 19.8. The van der Waals surface area contributed by atoms with Gasteiger partial charge in [-0.15, -0.1) is 0 Å². The average Bonchev–Trinajstić information content (AvgIpc) is 2.85. The molecule has 5 heteroatoms. The van der Waals surface area contributed by atoms with Crippen molar-refractivity contribution in [1.82, 2.24) is 14.8 Å². The van der Waals surface area contributed by atoms with E-state index >= 15 is 0 Å². The Bertz CT molecular complexity index is 1080. The first-order chi connectivity index (χ1) is 16.0. The van der Waals surface area contributed by atoms with E-state index in [0.29, 0.717) is 6.42 Å². The molecule has 0 radical (unpaired) electrons. The van der Waals surface area contributed by atoms with Crippen LogP contribution in [0, 0.1) is 5.41 Å². The molecule has 33 heavy (non-hydrogen) atoms. The summed E-state index contributed by atoms with van der Waals surface area (Å²) >= 11 is 0. The predicted molar refractivity (Wildman–Crippen MR) is 132 cm³/mol. The highest BCUT2D eigenvalue weighted by Crippen LogP contribution is 2.39. The number of aromatic nitrogens is 1. The van der Waals surface area contributed by atoms with E-state index in [0.717, 1.165) is 54.9 Å². The summed E-state index contributed by atoms with van der Waals surface area (Å²) in [6, 6.07) is 20.6. The van der Waals surface area contributed by atoms with Crippen molar-refractivity contribution in [2.24, 2.45) is 5.41 Å². The van der Waals surface area contributed by atoms with Gasteiger partial charge < -0.3 is 9.64 Å². The van der Waals surface area contributed by atoms with Crippen molar-refractivity contribution in [3.05, 3.63) is 84.2 Å². The molecule has 4 rings (SSSR count). The Morgan fingerprint density at radius 2 is 1.82 bits per heavy atom. The van der Waals surface area contributed by atoms with Crippen molar-refractivity contribution in [1.29, 1.82) is 0 Å². The SMILES string of the molecule is COc1ccccc1CN1CCCC(Cc2ccccc2-c2cccnc2)(C(=O)N(C)C)C1. The number of piperidine rings is 1. The number of nitrogens with zero attached hydrogens (tertiary/aromatic N) is 3. The van der Waals surface area contributed by atoms with Crippen LogP contribution in [0.1, 0.15) is 24.0 Å². The second kappa shape index (κ2) is 10.2. The molecular formula is C28H33N3O2. The van der Waals surface area contributed by atoms with Crippen molar-refractivity contribution in [3.8, 4) is 16.9 Å². The second-order valence-corrected chi connectivity index (χ2v) is 9.18. The van der Waals surface area contributed by atoms with Crippen molar-refractivity contribution < 1.29 is 9.53 Å². The number of carbonyl (C=O) groups excluding carboxylic acids is 1. The fourth-order valence-corrected chi connectivity index (χ4v) is 5.15. The fraction of sp³-hybridized carbons (Fsp3) is 0.357. The van der Waals surface area contributed by atoms with E-state index < -0.39 is 5.41 Å². The maximum atomic E-state index is 13.7. The first-order valence-corrected chi connectivity index (χ1v) is 11.6. The van der Waals surface area contributed by atoms with Crippen LogP contribution in [0.2, 0.25) is 0 Å². The molecule has 1 atom stereocenters. The summed E-state index contributed by atoms with van der Waals surface area (Å²) in [6.07, 6.45) is 6.27. The number of likely N-dealkylation sites (tertiary alicyclic amines) is 1. The van der Waals surface area contributed by atoms with Crippen LogP contribution in [0.5, 0.6) is 5.75 Å². The van der Waals surface area contributed by atoms with Crippen molar-refractivity contribution in [2.75, 3.05) is 34.3 Å². The predicted octanol–water partition coefficient (Wildman–Crippen LogP) is 4.67. The molecule has 0 N–H and O–H groups in total. The van der Waals surface area contributed by atoms with Crippen molar-refractivity contribution in [3.63, 3.8) is 0 Å². The third kappa shape index (κ3) is 5.09. The van der Waals surface area contributed by atoms with E-state index in [1.165, 1.54) is 5.56 Å². The van der Waals surface area contributed by atoms with E-state index in [1.54, 1.807) is 18.2 Å². The lowest BCUT2D eigenvalue weighted by Gasteiger charge is -2.43. The molecule has 1 aromatic heterocycles. The van der Waals surface area contributed by atoms with Gasteiger partial charge >= 0.3 is 0 Å². The van der Waals surface area contributed by atoms with Gasteiger partial charge in [0.2, 0.25) is 5.91 Å². The fourth-order valence-electron chi connectivity index (χ4n) is 5.15. The summed E-state index contributed by atoms with van der Waals surface area (Å²) < 4.78 is 5.58. The number of benzene rings is 2. The lowest BCUT2D eigenvalue weighted by molar-refractivity contribution is -0.143. The third-order valence-corrected chi connectivity index (χ3v) is 6.62. The molecule has 1 unspecified atom stereocenters. The molecule has 1 saturated heterocycles. The molecule has 1 amide bonds. The highest BCUT2D eigenvalue weighted by molar-refractivity contribution is 5.83. The molecule has 0 bridgehead atoms.